The van der Waals surface area contributed by atoms with Gasteiger partial charge in [-0.25, -0.2) is 0 Å². The average Bonchev–Trinajstić information content (AvgIpc) is 2.50. The molecule has 1 aliphatic heterocycles. The lowest BCUT2D eigenvalue weighted by molar-refractivity contribution is 0.171. The average molecular weight is 291 g/mol. The highest BCUT2D eigenvalue weighted by Crippen LogP contribution is 2.30. The van der Waals surface area contributed by atoms with Gasteiger partial charge in [-0.1, -0.05) is 6.08 Å². The minimum absolute atomic E-state index is 0.460. The predicted octanol–water partition coefficient (Wildman–Crippen LogP) is 1.83. The van der Waals surface area contributed by atoms with Crippen molar-refractivity contribution in [2.24, 2.45) is 5.10 Å². The fourth-order valence-corrected chi connectivity index (χ4v) is 1.80. The molecule has 1 aromatic carbocycles. The Morgan fingerprint density at radius 3 is 2.90 bits per heavy atom. The SMILES string of the molecule is C=CCNC(=S)N/N=C(/C)c1ccc2c(c1)OCCO2. The fourth-order valence-electron chi connectivity index (χ4n) is 1.67. The van der Waals surface area contributed by atoms with Crippen LogP contribution in [0.25, 0.3) is 0 Å². The quantitative estimate of drug-likeness (QED) is 0.384. The zero-order valence-electron chi connectivity index (χ0n) is 11.3. The van der Waals surface area contributed by atoms with Crippen LogP contribution in [0.2, 0.25) is 0 Å². The molecule has 0 radical (unpaired) electrons. The number of benzene rings is 1. The molecule has 1 heterocycles. The zero-order chi connectivity index (χ0) is 14.4. The highest BCUT2D eigenvalue weighted by molar-refractivity contribution is 7.80. The molecule has 6 heteroatoms. The number of hydrogen-bond donors (Lipinski definition) is 2. The van der Waals surface area contributed by atoms with Gasteiger partial charge in [0.15, 0.2) is 16.6 Å². The maximum absolute atomic E-state index is 5.54. The second kappa shape index (κ2) is 6.91. The van der Waals surface area contributed by atoms with Gasteiger partial charge in [0.25, 0.3) is 0 Å². The van der Waals surface area contributed by atoms with Gasteiger partial charge in [0.05, 0.1) is 5.71 Å². The summed E-state index contributed by atoms with van der Waals surface area (Å²) in [6.45, 7) is 7.26. The van der Waals surface area contributed by atoms with E-state index < -0.39 is 0 Å². The molecule has 1 aromatic rings. The minimum atomic E-state index is 0.460. The third-order valence-corrected chi connectivity index (χ3v) is 2.93. The fraction of sp³-hybridized carbons (Fsp3) is 0.286. The Labute approximate surface area is 123 Å². The Morgan fingerprint density at radius 2 is 2.15 bits per heavy atom. The van der Waals surface area contributed by atoms with E-state index in [2.05, 4.69) is 22.4 Å². The van der Waals surface area contributed by atoms with Gasteiger partial charge in [0.1, 0.15) is 13.2 Å². The predicted molar refractivity (Wildman–Crippen MR) is 83.6 cm³/mol. The number of hydrogen-bond acceptors (Lipinski definition) is 4. The van der Waals surface area contributed by atoms with Gasteiger partial charge in [0.2, 0.25) is 0 Å². The summed E-state index contributed by atoms with van der Waals surface area (Å²) in [7, 11) is 0. The van der Waals surface area contributed by atoms with E-state index in [1.165, 1.54) is 0 Å². The Kier molecular flexibility index (Phi) is 4.95. The maximum Gasteiger partial charge on any atom is 0.187 e. The number of nitrogens with one attached hydrogen (secondary N) is 2. The molecule has 5 nitrogen and oxygen atoms in total. The number of ether oxygens (including phenoxy) is 2. The van der Waals surface area contributed by atoms with Crippen LogP contribution in [-0.2, 0) is 0 Å². The van der Waals surface area contributed by atoms with Gasteiger partial charge in [0, 0.05) is 12.1 Å². The van der Waals surface area contributed by atoms with Crippen molar-refractivity contribution >= 4 is 23.0 Å². The summed E-state index contributed by atoms with van der Waals surface area (Å²) < 4.78 is 11.0. The summed E-state index contributed by atoms with van der Waals surface area (Å²) in [6.07, 6.45) is 1.73. The molecule has 2 N–H and O–H groups in total. The van der Waals surface area contributed by atoms with E-state index >= 15 is 0 Å². The first-order valence-electron chi connectivity index (χ1n) is 6.30. The molecule has 0 aromatic heterocycles. The number of nitrogens with zero attached hydrogens (tertiary/aromatic N) is 1. The molecular weight excluding hydrogens is 274 g/mol. The highest BCUT2D eigenvalue weighted by atomic mass is 32.1. The molecule has 0 saturated heterocycles. The third-order valence-electron chi connectivity index (χ3n) is 2.69. The molecule has 0 unspecified atom stereocenters. The Morgan fingerprint density at radius 1 is 1.40 bits per heavy atom. The van der Waals surface area contributed by atoms with E-state index in [9.17, 15) is 0 Å². The van der Waals surface area contributed by atoms with Crippen LogP contribution in [0, 0.1) is 0 Å². The molecule has 0 aliphatic carbocycles. The maximum atomic E-state index is 5.54. The van der Waals surface area contributed by atoms with E-state index in [0.29, 0.717) is 24.9 Å². The van der Waals surface area contributed by atoms with E-state index in [1.807, 2.05) is 25.1 Å². The molecular formula is C14H17N3O2S. The molecule has 20 heavy (non-hydrogen) atoms. The van der Waals surface area contributed by atoms with Gasteiger partial charge < -0.3 is 14.8 Å². The van der Waals surface area contributed by atoms with Crippen molar-refractivity contribution in [3.8, 4) is 11.5 Å². The molecule has 0 atom stereocenters. The largest absolute Gasteiger partial charge is 0.486 e. The molecule has 1 aliphatic rings. The van der Waals surface area contributed by atoms with Crippen molar-refractivity contribution in [2.75, 3.05) is 19.8 Å². The lowest BCUT2D eigenvalue weighted by Gasteiger charge is -2.18. The number of hydrazone groups is 1. The Bertz CT molecular complexity index is 543. The highest BCUT2D eigenvalue weighted by Gasteiger charge is 2.12. The van der Waals surface area contributed by atoms with E-state index in [-0.39, 0.29) is 0 Å². The van der Waals surface area contributed by atoms with Crippen LogP contribution in [0.5, 0.6) is 11.5 Å². The van der Waals surface area contributed by atoms with Crippen LogP contribution in [0.3, 0.4) is 0 Å². The van der Waals surface area contributed by atoms with Crippen molar-refractivity contribution in [3.63, 3.8) is 0 Å². The van der Waals surface area contributed by atoms with Gasteiger partial charge >= 0.3 is 0 Å². The summed E-state index contributed by atoms with van der Waals surface area (Å²) >= 11 is 5.06. The van der Waals surface area contributed by atoms with Crippen molar-refractivity contribution < 1.29 is 9.47 Å². The van der Waals surface area contributed by atoms with Crippen molar-refractivity contribution in [2.45, 2.75) is 6.92 Å². The van der Waals surface area contributed by atoms with Crippen LogP contribution in [-0.4, -0.2) is 30.6 Å². The second-order valence-electron chi connectivity index (χ2n) is 4.17. The number of fused-ring (bicyclic) bond motifs is 1. The second-order valence-corrected chi connectivity index (χ2v) is 4.57. The van der Waals surface area contributed by atoms with Crippen LogP contribution >= 0.6 is 12.2 Å². The molecule has 0 spiro atoms. The summed E-state index contributed by atoms with van der Waals surface area (Å²) in [4.78, 5) is 0. The van der Waals surface area contributed by atoms with Crippen LogP contribution in [0.1, 0.15) is 12.5 Å². The smallest absolute Gasteiger partial charge is 0.187 e. The molecule has 2 rings (SSSR count). The molecule has 0 fully saturated rings. The Balaban J connectivity index is 2.03. The van der Waals surface area contributed by atoms with Crippen molar-refractivity contribution in [1.29, 1.82) is 0 Å². The monoisotopic (exact) mass is 291 g/mol. The minimum Gasteiger partial charge on any atom is -0.486 e. The van der Waals surface area contributed by atoms with Crippen LogP contribution in [0.15, 0.2) is 36.0 Å². The first kappa shape index (κ1) is 14.3. The lowest BCUT2D eigenvalue weighted by Crippen LogP contribution is -2.32. The van der Waals surface area contributed by atoms with Crippen molar-refractivity contribution in [1.82, 2.24) is 10.7 Å². The van der Waals surface area contributed by atoms with Gasteiger partial charge in [-0.2, -0.15) is 5.10 Å². The van der Waals surface area contributed by atoms with Crippen LogP contribution in [0.4, 0.5) is 0 Å². The zero-order valence-corrected chi connectivity index (χ0v) is 12.1. The molecule has 0 amide bonds. The van der Waals surface area contributed by atoms with Gasteiger partial charge in [-0.15, -0.1) is 6.58 Å². The van der Waals surface area contributed by atoms with Gasteiger partial charge in [-0.3, -0.25) is 5.43 Å². The first-order chi connectivity index (χ1) is 9.70. The first-order valence-corrected chi connectivity index (χ1v) is 6.70. The Hall–Kier alpha value is -2.08. The van der Waals surface area contributed by atoms with E-state index in [0.717, 1.165) is 22.8 Å². The topological polar surface area (TPSA) is 54.9 Å². The van der Waals surface area contributed by atoms with E-state index in [4.69, 9.17) is 21.7 Å². The van der Waals surface area contributed by atoms with Crippen LogP contribution < -0.4 is 20.2 Å². The summed E-state index contributed by atoms with van der Waals surface area (Å²) in [5.41, 5.74) is 4.55. The summed E-state index contributed by atoms with van der Waals surface area (Å²) in [5.74, 6) is 1.51. The standard InChI is InChI=1S/C14H17N3O2S/c1-3-6-15-14(20)17-16-10(2)11-4-5-12-13(9-11)19-8-7-18-12/h3-5,9H,1,6-8H2,2H3,(H2,15,17,20)/b16-10-. The van der Waals surface area contributed by atoms with Gasteiger partial charge in [-0.05, 0) is 37.3 Å². The molecule has 0 bridgehead atoms. The molecule has 106 valence electrons. The number of thiocarbonyl (C=S) groups is 1. The van der Waals surface area contributed by atoms with E-state index in [1.54, 1.807) is 6.08 Å². The lowest BCUT2D eigenvalue weighted by atomic mass is 10.1. The number of rotatable bonds is 4. The van der Waals surface area contributed by atoms with Crippen molar-refractivity contribution in [3.05, 3.63) is 36.4 Å². The molecule has 0 saturated carbocycles. The summed E-state index contributed by atoms with van der Waals surface area (Å²) in [5, 5.41) is 7.63. The normalized spacial score (nSPS) is 13.6. The third kappa shape index (κ3) is 3.71. The summed E-state index contributed by atoms with van der Waals surface area (Å²) in [6, 6.07) is 5.74.